The van der Waals surface area contributed by atoms with E-state index in [0.29, 0.717) is 23.9 Å². The minimum atomic E-state index is -3.58. The van der Waals surface area contributed by atoms with Crippen molar-refractivity contribution in [1.82, 2.24) is 4.31 Å². The molecule has 3 rings (SSSR count). The van der Waals surface area contributed by atoms with Gasteiger partial charge in [0.15, 0.2) is 6.61 Å². The Bertz CT molecular complexity index is 821. The molecule has 27 heavy (non-hydrogen) atoms. The first-order valence-corrected chi connectivity index (χ1v) is 10.7. The summed E-state index contributed by atoms with van der Waals surface area (Å²) in [6.45, 7) is -0.371. The lowest BCUT2D eigenvalue weighted by molar-refractivity contribution is -0.148. The van der Waals surface area contributed by atoms with E-state index in [4.69, 9.17) is 4.74 Å². The molecule has 0 saturated heterocycles. The Morgan fingerprint density at radius 1 is 1.22 bits per heavy atom. The zero-order valence-electron chi connectivity index (χ0n) is 15.7. The third-order valence-corrected chi connectivity index (χ3v) is 7.39. The van der Waals surface area contributed by atoms with Gasteiger partial charge in [-0.1, -0.05) is 12.5 Å². The van der Waals surface area contributed by atoms with E-state index in [9.17, 15) is 18.0 Å². The van der Waals surface area contributed by atoms with Gasteiger partial charge in [0.05, 0.1) is 4.90 Å². The number of sulfonamides is 1. The number of carbonyl (C=O) groups is 2. The summed E-state index contributed by atoms with van der Waals surface area (Å²) in [4.78, 5) is 24.1. The monoisotopic (exact) mass is 394 g/mol. The SMILES string of the molecule is CN(C)S(=O)(=O)c1cccc(NC(=O)COC(=O)C[C@H]2C[C@@H]3CC[C@@H]2C3)c1. The second-order valence-corrected chi connectivity index (χ2v) is 9.82. The normalized spacial score (nSPS) is 24.2. The number of hydrogen-bond donors (Lipinski definition) is 1. The zero-order valence-corrected chi connectivity index (χ0v) is 16.5. The van der Waals surface area contributed by atoms with Crippen molar-refractivity contribution >= 4 is 27.6 Å². The fourth-order valence-electron chi connectivity index (χ4n) is 4.19. The third-order valence-electron chi connectivity index (χ3n) is 5.57. The molecule has 2 bridgehead atoms. The first-order chi connectivity index (χ1) is 12.8. The largest absolute Gasteiger partial charge is 0.456 e. The second kappa shape index (κ2) is 7.98. The van der Waals surface area contributed by atoms with Crippen LogP contribution in [0.4, 0.5) is 5.69 Å². The van der Waals surface area contributed by atoms with Crippen LogP contribution in [0.5, 0.6) is 0 Å². The number of amides is 1. The van der Waals surface area contributed by atoms with Gasteiger partial charge >= 0.3 is 5.97 Å². The summed E-state index contributed by atoms with van der Waals surface area (Å²) >= 11 is 0. The Balaban J connectivity index is 1.49. The first kappa shape index (κ1) is 19.8. The Kier molecular flexibility index (Phi) is 5.86. The van der Waals surface area contributed by atoms with Crippen molar-refractivity contribution in [2.75, 3.05) is 26.0 Å². The van der Waals surface area contributed by atoms with Crippen LogP contribution in [-0.2, 0) is 24.3 Å². The van der Waals surface area contributed by atoms with Crippen molar-refractivity contribution in [3.05, 3.63) is 24.3 Å². The number of fused-ring (bicyclic) bond motifs is 2. The highest BCUT2D eigenvalue weighted by Crippen LogP contribution is 2.49. The Morgan fingerprint density at radius 3 is 2.63 bits per heavy atom. The molecule has 1 aromatic rings. The number of benzene rings is 1. The van der Waals surface area contributed by atoms with Gasteiger partial charge in [-0.15, -0.1) is 0 Å². The maximum atomic E-state index is 12.1. The van der Waals surface area contributed by atoms with Gasteiger partial charge in [-0.05, 0) is 55.2 Å². The van der Waals surface area contributed by atoms with E-state index in [2.05, 4.69) is 5.32 Å². The highest BCUT2D eigenvalue weighted by Gasteiger charge is 2.40. The van der Waals surface area contributed by atoms with Crippen molar-refractivity contribution in [3.8, 4) is 0 Å². The molecule has 2 fully saturated rings. The summed E-state index contributed by atoms with van der Waals surface area (Å²) in [5, 5.41) is 2.57. The summed E-state index contributed by atoms with van der Waals surface area (Å²) in [5.74, 6) is 0.967. The summed E-state index contributed by atoms with van der Waals surface area (Å²) < 4.78 is 30.5. The molecule has 0 aliphatic heterocycles. The number of esters is 1. The molecule has 0 heterocycles. The highest BCUT2D eigenvalue weighted by atomic mass is 32.2. The summed E-state index contributed by atoms with van der Waals surface area (Å²) in [5.41, 5.74) is 0.340. The zero-order chi connectivity index (χ0) is 19.6. The van der Waals surface area contributed by atoms with Gasteiger partial charge in [-0.3, -0.25) is 9.59 Å². The first-order valence-electron chi connectivity index (χ1n) is 9.24. The molecular weight excluding hydrogens is 368 g/mol. The molecular formula is C19H26N2O5S. The average molecular weight is 394 g/mol. The van der Waals surface area contributed by atoms with Crippen LogP contribution in [0.15, 0.2) is 29.2 Å². The van der Waals surface area contributed by atoms with Gasteiger partial charge in [0, 0.05) is 26.2 Å². The van der Waals surface area contributed by atoms with Crippen LogP contribution in [0.2, 0.25) is 0 Å². The van der Waals surface area contributed by atoms with Gasteiger partial charge < -0.3 is 10.1 Å². The number of nitrogens with zero attached hydrogens (tertiary/aromatic N) is 1. The van der Waals surface area contributed by atoms with E-state index < -0.39 is 15.9 Å². The molecule has 0 spiro atoms. The van der Waals surface area contributed by atoms with E-state index in [1.165, 1.54) is 45.5 Å². The second-order valence-electron chi connectivity index (χ2n) is 7.66. The van der Waals surface area contributed by atoms with E-state index in [1.807, 2.05) is 0 Å². The van der Waals surface area contributed by atoms with E-state index in [1.54, 1.807) is 12.1 Å². The molecule has 0 unspecified atom stereocenters. The van der Waals surface area contributed by atoms with Crippen molar-refractivity contribution < 1.29 is 22.7 Å². The van der Waals surface area contributed by atoms with Crippen molar-refractivity contribution in [2.45, 2.75) is 37.0 Å². The number of nitrogens with one attached hydrogen (secondary N) is 1. The van der Waals surface area contributed by atoms with E-state index >= 15 is 0 Å². The molecule has 2 aliphatic rings. The molecule has 7 nitrogen and oxygen atoms in total. The highest BCUT2D eigenvalue weighted by molar-refractivity contribution is 7.89. The number of hydrogen-bond acceptors (Lipinski definition) is 5. The fourth-order valence-corrected chi connectivity index (χ4v) is 5.14. The Morgan fingerprint density at radius 2 is 2.00 bits per heavy atom. The molecule has 1 amide bonds. The molecule has 1 aromatic carbocycles. The van der Waals surface area contributed by atoms with Gasteiger partial charge in [-0.25, -0.2) is 12.7 Å². The van der Waals surface area contributed by atoms with Crippen LogP contribution in [0.3, 0.4) is 0 Å². The predicted octanol–water partition coefficient (Wildman–Crippen LogP) is 2.24. The minimum absolute atomic E-state index is 0.0820. The molecule has 1 N–H and O–H groups in total. The molecule has 8 heteroatoms. The molecule has 148 valence electrons. The van der Waals surface area contributed by atoms with Crippen LogP contribution < -0.4 is 5.32 Å². The fraction of sp³-hybridized carbons (Fsp3) is 0.579. The van der Waals surface area contributed by atoms with Crippen LogP contribution in [0, 0.1) is 17.8 Å². The number of anilines is 1. The molecule has 0 aromatic heterocycles. The minimum Gasteiger partial charge on any atom is -0.456 e. The lowest BCUT2D eigenvalue weighted by atomic mass is 9.86. The summed E-state index contributed by atoms with van der Waals surface area (Å²) in [6, 6.07) is 5.97. The maximum absolute atomic E-state index is 12.1. The topological polar surface area (TPSA) is 92.8 Å². The number of carbonyl (C=O) groups excluding carboxylic acids is 2. The average Bonchev–Trinajstić information content (AvgIpc) is 3.23. The molecule has 2 saturated carbocycles. The number of ether oxygens (including phenoxy) is 1. The van der Waals surface area contributed by atoms with Gasteiger partial charge in [0.25, 0.3) is 5.91 Å². The van der Waals surface area contributed by atoms with Gasteiger partial charge in [0.2, 0.25) is 10.0 Å². The molecule has 2 aliphatic carbocycles. The van der Waals surface area contributed by atoms with Crippen LogP contribution in [-0.4, -0.2) is 45.3 Å². The maximum Gasteiger partial charge on any atom is 0.306 e. The van der Waals surface area contributed by atoms with Crippen molar-refractivity contribution in [2.24, 2.45) is 17.8 Å². The lowest BCUT2D eigenvalue weighted by Gasteiger charge is -2.20. The number of rotatable bonds is 7. The standard InChI is InChI=1S/C19H26N2O5S/c1-21(2)27(24,25)17-5-3-4-16(11-17)20-18(22)12-26-19(23)10-15-9-13-6-7-14(15)8-13/h3-5,11,13-15H,6-10,12H2,1-2H3,(H,20,22)/t13-,14-,15-/m1/s1. The Hall–Kier alpha value is -1.93. The van der Waals surface area contributed by atoms with Crippen LogP contribution >= 0.6 is 0 Å². The lowest BCUT2D eigenvalue weighted by Crippen LogP contribution is -2.24. The van der Waals surface area contributed by atoms with Gasteiger partial charge in [0.1, 0.15) is 0 Å². The van der Waals surface area contributed by atoms with Gasteiger partial charge in [-0.2, -0.15) is 0 Å². The van der Waals surface area contributed by atoms with Crippen LogP contribution in [0.1, 0.15) is 32.1 Å². The van der Waals surface area contributed by atoms with E-state index in [0.717, 1.165) is 16.6 Å². The third kappa shape index (κ3) is 4.68. The smallest absolute Gasteiger partial charge is 0.306 e. The summed E-state index contributed by atoms with van der Waals surface area (Å²) in [6.07, 6.45) is 5.19. The molecule has 3 atom stereocenters. The predicted molar refractivity (Wildman–Crippen MR) is 100 cm³/mol. The van der Waals surface area contributed by atoms with Crippen molar-refractivity contribution in [1.29, 1.82) is 0 Å². The quantitative estimate of drug-likeness (QED) is 0.716. The molecule has 0 radical (unpaired) electrons. The Labute approximate surface area is 160 Å². The van der Waals surface area contributed by atoms with Crippen molar-refractivity contribution in [3.63, 3.8) is 0 Å². The van der Waals surface area contributed by atoms with E-state index in [-0.39, 0.29) is 17.5 Å². The summed E-state index contributed by atoms with van der Waals surface area (Å²) in [7, 11) is -0.701. The van der Waals surface area contributed by atoms with Crippen LogP contribution in [0.25, 0.3) is 0 Å².